The molecule has 1 aliphatic heterocycles. The summed E-state index contributed by atoms with van der Waals surface area (Å²) in [5, 5.41) is 3.18. The molecular formula is C14H24N2O2. The van der Waals surface area contributed by atoms with E-state index >= 15 is 0 Å². The van der Waals surface area contributed by atoms with E-state index in [1.54, 1.807) is 6.26 Å². The number of rotatable bonds is 6. The Morgan fingerprint density at radius 2 is 2.17 bits per heavy atom. The Morgan fingerprint density at radius 1 is 1.39 bits per heavy atom. The summed E-state index contributed by atoms with van der Waals surface area (Å²) in [5.74, 6) is 1.02. The fourth-order valence-corrected chi connectivity index (χ4v) is 2.57. The maximum Gasteiger partial charge on any atom is 0.105 e. The molecule has 2 atom stereocenters. The molecule has 0 radical (unpaired) electrons. The predicted octanol–water partition coefficient (Wildman–Crippen LogP) is 1.79. The van der Waals surface area contributed by atoms with Crippen LogP contribution in [0.1, 0.15) is 24.2 Å². The maximum atomic E-state index is 5.99. The van der Waals surface area contributed by atoms with Gasteiger partial charge in [0, 0.05) is 25.2 Å². The molecule has 1 aromatic rings. The Bertz CT molecular complexity index is 364. The van der Waals surface area contributed by atoms with Crippen molar-refractivity contribution in [3.05, 3.63) is 23.7 Å². The van der Waals surface area contributed by atoms with Crippen LogP contribution < -0.4 is 5.32 Å². The molecular weight excluding hydrogens is 228 g/mol. The third kappa shape index (κ3) is 3.57. The number of aryl methyl sites for hydroxylation is 1. The molecule has 1 aliphatic rings. The molecule has 2 unspecified atom stereocenters. The van der Waals surface area contributed by atoms with Gasteiger partial charge in [-0.15, -0.1) is 0 Å². The minimum Gasteiger partial charge on any atom is -0.469 e. The number of nitrogens with one attached hydrogen (secondary N) is 1. The Balaban J connectivity index is 1.75. The summed E-state index contributed by atoms with van der Waals surface area (Å²) in [5.41, 5.74) is 1.27. The van der Waals surface area contributed by atoms with Crippen LogP contribution in [-0.4, -0.2) is 44.3 Å². The molecule has 1 N–H and O–H groups in total. The Kier molecular flexibility index (Phi) is 4.80. The standard InChI is InChI=1S/C14H24N2O2/c1-11-12(6-7-17-11)9-16(3)10-14-5-4-13(18-14)8-15-2/h6-7,13-15H,4-5,8-10H2,1-3H3. The van der Waals surface area contributed by atoms with E-state index in [9.17, 15) is 0 Å². The van der Waals surface area contributed by atoms with E-state index in [0.29, 0.717) is 12.2 Å². The molecule has 1 saturated heterocycles. The molecule has 0 aliphatic carbocycles. The van der Waals surface area contributed by atoms with Gasteiger partial charge in [-0.05, 0) is 39.9 Å². The molecule has 0 amide bonds. The molecule has 0 bridgehead atoms. The highest BCUT2D eigenvalue weighted by molar-refractivity contribution is 5.14. The summed E-state index contributed by atoms with van der Waals surface area (Å²) in [4.78, 5) is 2.31. The first-order chi connectivity index (χ1) is 8.69. The topological polar surface area (TPSA) is 37.6 Å². The number of likely N-dealkylation sites (N-methyl/N-ethyl adjacent to an activating group) is 2. The second-order valence-corrected chi connectivity index (χ2v) is 5.21. The quantitative estimate of drug-likeness (QED) is 0.837. The van der Waals surface area contributed by atoms with E-state index in [4.69, 9.17) is 9.15 Å². The minimum atomic E-state index is 0.376. The van der Waals surface area contributed by atoms with Gasteiger partial charge in [0.25, 0.3) is 0 Å². The first-order valence-electron chi connectivity index (χ1n) is 6.70. The average Bonchev–Trinajstić information content (AvgIpc) is 2.90. The number of ether oxygens (including phenoxy) is 1. The van der Waals surface area contributed by atoms with Gasteiger partial charge >= 0.3 is 0 Å². The Morgan fingerprint density at radius 3 is 2.83 bits per heavy atom. The van der Waals surface area contributed by atoms with E-state index in [1.807, 2.05) is 20.0 Å². The lowest BCUT2D eigenvalue weighted by molar-refractivity contribution is 0.0275. The zero-order valence-corrected chi connectivity index (χ0v) is 11.6. The first-order valence-corrected chi connectivity index (χ1v) is 6.70. The third-order valence-electron chi connectivity index (χ3n) is 3.55. The normalized spacial score (nSPS) is 24.0. The van der Waals surface area contributed by atoms with E-state index in [2.05, 4.69) is 17.3 Å². The van der Waals surface area contributed by atoms with Gasteiger partial charge in [0.05, 0.1) is 18.5 Å². The summed E-state index contributed by atoms with van der Waals surface area (Å²) in [6.45, 7) is 4.89. The highest BCUT2D eigenvalue weighted by Crippen LogP contribution is 2.20. The van der Waals surface area contributed by atoms with Crippen LogP contribution in [0.2, 0.25) is 0 Å². The van der Waals surface area contributed by atoms with Gasteiger partial charge in [0.15, 0.2) is 0 Å². The average molecular weight is 252 g/mol. The zero-order valence-electron chi connectivity index (χ0n) is 11.6. The maximum absolute atomic E-state index is 5.99. The molecule has 2 heterocycles. The van der Waals surface area contributed by atoms with Crippen molar-refractivity contribution in [1.29, 1.82) is 0 Å². The van der Waals surface area contributed by atoms with Gasteiger partial charge < -0.3 is 14.5 Å². The van der Waals surface area contributed by atoms with Crippen molar-refractivity contribution < 1.29 is 9.15 Å². The molecule has 1 aromatic heterocycles. The van der Waals surface area contributed by atoms with Crippen LogP contribution in [0.15, 0.2) is 16.7 Å². The van der Waals surface area contributed by atoms with Crippen molar-refractivity contribution in [2.24, 2.45) is 0 Å². The van der Waals surface area contributed by atoms with Crippen LogP contribution in [0.4, 0.5) is 0 Å². The van der Waals surface area contributed by atoms with Gasteiger partial charge in [-0.1, -0.05) is 0 Å². The molecule has 0 aromatic carbocycles. The van der Waals surface area contributed by atoms with Crippen LogP contribution in [0.25, 0.3) is 0 Å². The van der Waals surface area contributed by atoms with Crippen molar-refractivity contribution in [2.45, 2.75) is 38.5 Å². The van der Waals surface area contributed by atoms with Crippen LogP contribution >= 0.6 is 0 Å². The lowest BCUT2D eigenvalue weighted by Gasteiger charge is -2.21. The Hall–Kier alpha value is -0.840. The lowest BCUT2D eigenvalue weighted by Crippen LogP contribution is -2.30. The van der Waals surface area contributed by atoms with Crippen molar-refractivity contribution >= 4 is 0 Å². The van der Waals surface area contributed by atoms with Crippen LogP contribution in [0.3, 0.4) is 0 Å². The van der Waals surface area contributed by atoms with Gasteiger partial charge in [0.2, 0.25) is 0 Å². The summed E-state index contributed by atoms with van der Waals surface area (Å²) in [6.07, 6.45) is 4.86. The molecule has 4 nitrogen and oxygen atoms in total. The molecule has 4 heteroatoms. The van der Waals surface area contributed by atoms with Crippen LogP contribution in [0.5, 0.6) is 0 Å². The molecule has 0 spiro atoms. The monoisotopic (exact) mass is 252 g/mol. The van der Waals surface area contributed by atoms with E-state index in [0.717, 1.165) is 25.4 Å². The third-order valence-corrected chi connectivity index (χ3v) is 3.55. The van der Waals surface area contributed by atoms with Gasteiger partial charge in [-0.2, -0.15) is 0 Å². The van der Waals surface area contributed by atoms with Gasteiger partial charge in [-0.25, -0.2) is 0 Å². The summed E-state index contributed by atoms with van der Waals surface area (Å²) >= 11 is 0. The Labute approximate surface area is 109 Å². The number of nitrogens with zero attached hydrogens (tertiary/aromatic N) is 1. The highest BCUT2D eigenvalue weighted by Gasteiger charge is 2.25. The molecule has 18 heavy (non-hydrogen) atoms. The van der Waals surface area contributed by atoms with E-state index < -0.39 is 0 Å². The highest BCUT2D eigenvalue weighted by atomic mass is 16.5. The van der Waals surface area contributed by atoms with Gasteiger partial charge in [-0.3, -0.25) is 4.90 Å². The molecule has 102 valence electrons. The fourth-order valence-electron chi connectivity index (χ4n) is 2.57. The fraction of sp³-hybridized carbons (Fsp3) is 0.714. The van der Waals surface area contributed by atoms with Gasteiger partial charge in [0.1, 0.15) is 5.76 Å². The summed E-state index contributed by atoms with van der Waals surface area (Å²) in [6, 6.07) is 2.05. The number of hydrogen-bond acceptors (Lipinski definition) is 4. The molecule has 2 rings (SSSR count). The summed E-state index contributed by atoms with van der Waals surface area (Å²) < 4.78 is 11.3. The first kappa shape index (κ1) is 13.6. The number of hydrogen-bond donors (Lipinski definition) is 1. The van der Waals surface area contributed by atoms with Crippen molar-refractivity contribution in [1.82, 2.24) is 10.2 Å². The zero-order chi connectivity index (χ0) is 13.0. The van der Waals surface area contributed by atoms with Crippen molar-refractivity contribution in [2.75, 3.05) is 27.2 Å². The SMILES string of the molecule is CNCC1CCC(CN(C)Cc2ccoc2C)O1. The van der Waals surface area contributed by atoms with Crippen molar-refractivity contribution in [3.8, 4) is 0 Å². The lowest BCUT2D eigenvalue weighted by atomic mass is 10.2. The van der Waals surface area contributed by atoms with E-state index in [-0.39, 0.29) is 0 Å². The molecule has 1 fully saturated rings. The largest absolute Gasteiger partial charge is 0.469 e. The second-order valence-electron chi connectivity index (χ2n) is 5.21. The predicted molar refractivity (Wildman–Crippen MR) is 71.6 cm³/mol. The smallest absolute Gasteiger partial charge is 0.105 e. The summed E-state index contributed by atoms with van der Waals surface area (Å²) in [7, 11) is 4.12. The minimum absolute atomic E-state index is 0.376. The van der Waals surface area contributed by atoms with Crippen LogP contribution in [0, 0.1) is 6.92 Å². The van der Waals surface area contributed by atoms with Crippen LogP contribution in [-0.2, 0) is 11.3 Å². The van der Waals surface area contributed by atoms with Crippen molar-refractivity contribution in [3.63, 3.8) is 0 Å². The van der Waals surface area contributed by atoms with E-state index in [1.165, 1.54) is 18.4 Å². The second kappa shape index (κ2) is 6.36. The molecule has 0 saturated carbocycles. The number of furan rings is 1.